The monoisotopic (exact) mass is 828 g/mol. The third kappa shape index (κ3) is 8.70. The molecule has 25 nitrogen and oxygen atoms in total. The van der Waals surface area contributed by atoms with Gasteiger partial charge in [0, 0.05) is 13.1 Å². The van der Waals surface area contributed by atoms with E-state index in [4.69, 9.17) is 15.0 Å². The van der Waals surface area contributed by atoms with Gasteiger partial charge in [-0.3, -0.25) is 23.4 Å². The molecule has 3 aliphatic rings. The van der Waals surface area contributed by atoms with Gasteiger partial charge in [0.2, 0.25) is 0 Å². The number of aromatic nitrogens is 8. The van der Waals surface area contributed by atoms with E-state index in [1.807, 2.05) is 4.98 Å². The van der Waals surface area contributed by atoms with Crippen LogP contribution in [0.3, 0.4) is 0 Å². The van der Waals surface area contributed by atoms with E-state index in [2.05, 4.69) is 39.1 Å². The van der Waals surface area contributed by atoms with Crippen LogP contribution in [-0.4, -0.2) is 137 Å². The van der Waals surface area contributed by atoms with Gasteiger partial charge in [-0.05, 0) is 37.1 Å². The zero-order valence-corrected chi connectivity index (χ0v) is 31.2. The van der Waals surface area contributed by atoms with Gasteiger partial charge in [0.25, 0.3) is 5.56 Å². The molecule has 27 heteroatoms. The molecule has 9 unspecified atom stereocenters. The normalized spacial score (nSPS) is 22.6. The van der Waals surface area contributed by atoms with Gasteiger partial charge in [-0.1, -0.05) is 0 Å². The minimum Gasteiger partial charge on any atom is -0.388 e. The number of ether oxygens (including phenoxy) is 1. The molecule has 3 aliphatic heterocycles. The molecule has 56 heavy (non-hydrogen) atoms. The number of aliphatic hydroxyl groups excluding tert-OH is 5. The third-order valence-corrected chi connectivity index (χ3v) is 11.4. The molecule has 0 saturated carbocycles. The quantitative estimate of drug-likeness (QED) is 0.0359. The second-order valence-corrected chi connectivity index (χ2v) is 15.8. The Bertz CT molecular complexity index is 2410. The van der Waals surface area contributed by atoms with E-state index < -0.39 is 89.5 Å². The average molecular weight is 829 g/mol. The zero-order valence-electron chi connectivity index (χ0n) is 29.4. The van der Waals surface area contributed by atoms with Crippen LogP contribution in [0.4, 0.5) is 5.82 Å². The van der Waals surface area contributed by atoms with Crippen molar-refractivity contribution in [3.63, 3.8) is 0 Å². The number of nitrogens with one attached hydrogen (secondary N) is 2. The molecule has 5 heterocycles. The lowest BCUT2D eigenvalue weighted by Gasteiger charge is -2.26. The molecule has 0 spiro atoms. The lowest BCUT2D eigenvalue weighted by Crippen LogP contribution is -2.42. The van der Waals surface area contributed by atoms with E-state index in [1.54, 1.807) is 26.0 Å². The Morgan fingerprint density at radius 2 is 1.71 bits per heavy atom. The molecule has 1 aromatic carbocycles. The lowest BCUT2D eigenvalue weighted by molar-refractivity contribution is -0.0794. The van der Waals surface area contributed by atoms with Crippen molar-refractivity contribution < 1.29 is 62.5 Å². The van der Waals surface area contributed by atoms with Crippen LogP contribution in [0.1, 0.15) is 17.4 Å². The molecule has 3 aromatic rings. The van der Waals surface area contributed by atoms with E-state index in [0.29, 0.717) is 29.9 Å². The van der Waals surface area contributed by atoms with Crippen molar-refractivity contribution in [3.8, 4) is 11.5 Å². The molecule has 304 valence electrons. The number of phosphoric acid groups is 2. The minimum atomic E-state index is -5.55. The van der Waals surface area contributed by atoms with Crippen LogP contribution < -0.4 is 22.3 Å². The Hall–Kier alpha value is -4.17. The second kappa shape index (κ2) is 16.4. The number of hydrogen-bond donors (Lipinski definition) is 10. The molecule has 0 radical (unpaired) electrons. The Morgan fingerprint density at radius 3 is 2.45 bits per heavy atom. The fraction of sp³-hybridized carbons (Fsp3) is 0.483. The molecule has 2 aromatic heterocycles. The highest BCUT2D eigenvalue weighted by Gasteiger charge is 2.46. The number of rotatable bonds is 16. The number of nitrogens with two attached hydrogens (primary N) is 1. The van der Waals surface area contributed by atoms with Gasteiger partial charge in [-0.2, -0.15) is 9.29 Å². The van der Waals surface area contributed by atoms with E-state index in [0.717, 1.165) is 11.1 Å². The SMILES string of the molecule is Cc1cc2nc3c(=O)[nH]c(=O)nc-3n(CC(O)C(O)C(O)COP(=O)(O)OP(=O)(O)OCC3OC(n4cnc5c(NCCN)ncnc54)C(O)C3O)c2cc1C. The molecular weight excluding hydrogens is 790 g/mol. The summed E-state index contributed by atoms with van der Waals surface area (Å²) >= 11 is 0. The summed E-state index contributed by atoms with van der Waals surface area (Å²) < 4.78 is 47.0. The first kappa shape index (κ1) is 41.5. The predicted molar refractivity (Wildman–Crippen MR) is 190 cm³/mol. The van der Waals surface area contributed by atoms with Gasteiger partial charge in [0.05, 0.1) is 37.1 Å². The van der Waals surface area contributed by atoms with Crippen LogP contribution in [-0.2, 0) is 33.8 Å². The topological polar surface area (TPSA) is 375 Å². The van der Waals surface area contributed by atoms with E-state index in [9.17, 15) is 54.0 Å². The maximum absolute atomic E-state index is 12.6. The summed E-state index contributed by atoms with van der Waals surface area (Å²) in [7, 11) is -11.0. The highest BCUT2D eigenvalue weighted by molar-refractivity contribution is 7.61. The molecule has 6 rings (SSSR count). The average Bonchev–Trinajstić information content (AvgIpc) is 3.69. The van der Waals surface area contributed by atoms with Crippen molar-refractivity contribution in [1.82, 2.24) is 39.0 Å². The summed E-state index contributed by atoms with van der Waals surface area (Å²) in [4.78, 5) is 67.4. The first-order valence-electron chi connectivity index (χ1n) is 16.6. The number of anilines is 1. The molecule has 1 saturated heterocycles. The van der Waals surface area contributed by atoms with Gasteiger partial charge >= 0.3 is 21.3 Å². The Kier molecular flexibility index (Phi) is 12.1. The Balaban J connectivity index is 1.06. The standard InChI is InChI=1S/C29H38N10O15P2/c1-12-5-14-15(6-13(12)2)38(26-20(35-14)27(45)37-29(46)36-26)7-16(40)21(42)17(41)8-51-55(47,48)54-56(49,50)52-9-18-22(43)23(44)28(53-18)39-11-34-19-24(31-4-3-30)32-10-33-25(19)39/h5-6,10-11,16-18,21-23,28,40-44H,3-4,7-9,30H2,1-2H3,(H,47,48)(H,49,50)(H,31,32,33)(H,37,45,46). The number of benzene rings is 1. The number of nitrogens with zero attached hydrogens (tertiary/aromatic N) is 7. The van der Waals surface area contributed by atoms with Gasteiger partial charge < -0.3 is 55.7 Å². The van der Waals surface area contributed by atoms with Gasteiger partial charge in [-0.15, -0.1) is 0 Å². The number of hydrogen-bond acceptors (Lipinski definition) is 20. The Labute approximate surface area is 313 Å². The molecular formula is C29H38N10O15P2. The maximum atomic E-state index is 12.6. The number of phosphoric ester groups is 2. The van der Waals surface area contributed by atoms with Crippen molar-refractivity contribution in [2.45, 2.75) is 63.2 Å². The number of aromatic amines is 1. The fourth-order valence-corrected chi connectivity index (χ4v) is 7.95. The fourth-order valence-electron chi connectivity index (χ4n) is 5.86. The first-order valence-corrected chi connectivity index (χ1v) is 19.6. The van der Waals surface area contributed by atoms with Crippen LogP contribution in [0.2, 0.25) is 0 Å². The van der Waals surface area contributed by atoms with Crippen molar-refractivity contribution in [2.75, 3.05) is 31.6 Å². The molecule has 11 N–H and O–H groups in total. The summed E-state index contributed by atoms with van der Waals surface area (Å²) in [5.41, 5.74) is 6.05. The summed E-state index contributed by atoms with van der Waals surface area (Å²) in [5, 5.41) is 56.4. The molecule has 1 fully saturated rings. The van der Waals surface area contributed by atoms with Crippen molar-refractivity contribution in [2.24, 2.45) is 5.73 Å². The third-order valence-electron chi connectivity index (χ3n) is 8.81. The molecule has 0 amide bonds. The number of imidazole rings is 1. The maximum Gasteiger partial charge on any atom is 0.481 e. The zero-order chi connectivity index (χ0) is 40.7. The number of aryl methyl sites for hydroxylation is 2. The Morgan fingerprint density at radius 1 is 1.00 bits per heavy atom. The second-order valence-electron chi connectivity index (χ2n) is 12.7. The van der Waals surface area contributed by atoms with Crippen molar-refractivity contribution >= 4 is 43.7 Å². The lowest BCUT2D eigenvalue weighted by atomic mass is 10.1. The van der Waals surface area contributed by atoms with Crippen LogP contribution in [0.25, 0.3) is 33.7 Å². The predicted octanol–water partition coefficient (Wildman–Crippen LogP) is -2.64. The highest BCUT2D eigenvalue weighted by atomic mass is 31.3. The number of H-pyrrole nitrogens is 1. The molecule has 0 aliphatic carbocycles. The first-order chi connectivity index (χ1) is 26.4. The van der Waals surface area contributed by atoms with E-state index in [1.165, 1.54) is 21.8 Å². The summed E-state index contributed by atoms with van der Waals surface area (Å²) in [5.74, 6) is 0.0982. The van der Waals surface area contributed by atoms with E-state index in [-0.39, 0.29) is 22.7 Å². The number of fused-ring (bicyclic) bond motifs is 3. The largest absolute Gasteiger partial charge is 0.481 e. The molecule has 9 atom stereocenters. The van der Waals surface area contributed by atoms with Crippen LogP contribution >= 0.6 is 15.6 Å². The van der Waals surface area contributed by atoms with Crippen LogP contribution in [0, 0.1) is 13.8 Å². The van der Waals surface area contributed by atoms with Gasteiger partial charge in [0.15, 0.2) is 34.7 Å². The van der Waals surface area contributed by atoms with E-state index >= 15 is 0 Å². The minimum absolute atomic E-state index is 0.196. The smallest absolute Gasteiger partial charge is 0.388 e. The molecule has 0 bridgehead atoms. The summed E-state index contributed by atoms with van der Waals surface area (Å²) in [6.45, 7) is 1.47. The van der Waals surface area contributed by atoms with Gasteiger partial charge in [-0.25, -0.2) is 33.9 Å². The van der Waals surface area contributed by atoms with Crippen molar-refractivity contribution in [3.05, 3.63) is 56.8 Å². The van der Waals surface area contributed by atoms with Crippen LogP contribution in [0.15, 0.2) is 34.4 Å². The van der Waals surface area contributed by atoms with Gasteiger partial charge in [0.1, 0.15) is 43.0 Å². The van der Waals surface area contributed by atoms with Crippen molar-refractivity contribution in [1.29, 1.82) is 0 Å². The summed E-state index contributed by atoms with van der Waals surface area (Å²) in [6.07, 6.45) is -9.80. The summed E-state index contributed by atoms with van der Waals surface area (Å²) in [6, 6.07) is 3.30. The highest BCUT2D eigenvalue weighted by Crippen LogP contribution is 2.60. The number of aliphatic hydroxyl groups is 5. The van der Waals surface area contributed by atoms with Crippen LogP contribution in [0.5, 0.6) is 0 Å².